The molecule has 0 aliphatic rings. The molecule has 0 fully saturated rings. The molecule has 1 aromatic carbocycles. The Kier molecular flexibility index (Phi) is 5.28. The summed E-state index contributed by atoms with van der Waals surface area (Å²) in [6.45, 7) is 4.14. The van der Waals surface area contributed by atoms with Crippen LogP contribution < -0.4 is 5.32 Å². The van der Waals surface area contributed by atoms with Crippen molar-refractivity contribution in [3.8, 4) is 0 Å². The third-order valence-electron chi connectivity index (χ3n) is 3.51. The summed E-state index contributed by atoms with van der Waals surface area (Å²) in [5.74, 6) is 0.0971. The fraction of sp³-hybridized carbons (Fsp3) is 0.312. The maximum absolute atomic E-state index is 12.6. The first-order valence-corrected chi connectivity index (χ1v) is 7.34. The Morgan fingerprint density at radius 1 is 1.29 bits per heavy atom. The number of hydrogen-bond acceptors (Lipinski definition) is 3. The molecule has 0 aliphatic carbocycles. The predicted molar refractivity (Wildman–Crippen MR) is 84.3 cm³/mol. The number of carbonyl (C=O) groups is 1. The average molecular weight is 304 g/mol. The molecule has 5 heteroatoms. The fourth-order valence-electron chi connectivity index (χ4n) is 2.22. The van der Waals surface area contributed by atoms with Gasteiger partial charge in [-0.05, 0) is 17.5 Å². The zero-order valence-electron chi connectivity index (χ0n) is 12.1. The lowest BCUT2D eigenvalue weighted by molar-refractivity contribution is -0.118. The molecule has 0 bridgehead atoms. The largest absolute Gasteiger partial charge is 0.294 e. The van der Waals surface area contributed by atoms with E-state index in [1.807, 2.05) is 30.3 Å². The number of carbonyl (C=O) groups excluding carboxylic acids is 1. The van der Waals surface area contributed by atoms with Crippen molar-refractivity contribution in [2.75, 3.05) is 5.32 Å². The summed E-state index contributed by atoms with van der Waals surface area (Å²) >= 11 is 5.81. The van der Waals surface area contributed by atoms with Gasteiger partial charge in [0.05, 0.1) is 5.92 Å². The number of amides is 1. The lowest BCUT2D eigenvalue weighted by Gasteiger charge is -2.22. The third-order valence-corrected chi connectivity index (χ3v) is 3.72. The number of halogens is 1. The topological polar surface area (TPSA) is 54.9 Å². The van der Waals surface area contributed by atoms with Crippen LogP contribution in [0.3, 0.4) is 0 Å². The molecule has 2 aromatic rings. The number of nitrogens with one attached hydrogen (secondary N) is 1. The summed E-state index contributed by atoms with van der Waals surface area (Å²) in [7, 11) is 0. The second-order valence-electron chi connectivity index (χ2n) is 4.97. The van der Waals surface area contributed by atoms with Crippen molar-refractivity contribution >= 4 is 23.5 Å². The minimum absolute atomic E-state index is 0.113. The first kappa shape index (κ1) is 15.4. The van der Waals surface area contributed by atoms with Gasteiger partial charge in [0, 0.05) is 6.20 Å². The standard InChI is InChI=1S/C16H18ClN3O/c1-3-11(2)14(12-7-5-4-6-8-12)15(21)20-16-18-10-9-13(17)19-16/h4-11,14H,3H2,1-2H3,(H,18,19,20,21). The third kappa shape index (κ3) is 4.02. The Hall–Kier alpha value is -1.94. The van der Waals surface area contributed by atoms with Crippen molar-refractivity contribution < 1.29 is 4.79 Å². The van der Waals surface area contributed by atoms with Crippen LogP contribution in [-0.4, -0.2) is 15.9 Å². The van der Waals surface area contributed by atoms with Crippen LogP contribution in [-0.2, 0) is 4.79 Å². The van der Waals surface area contributed by atoms with Crippen LogP contribution in [0.4, 0.5) is 5.95 Å². The Labute approximate surface area is 129 Å². The number of aromatic nitrogens is 2. The van der Waals surface area contributed by atoms with Gasteiger partial charge in [0.25, 0.3) is 0 Å². The zero-order valence-corrected chi connectivity index (χ0v) is 12.8. The predicted octanol–water partition coefficient (Wildman–Crippen LogP) is 3.90. The van der Waals surface area contributed by atoms with Crippen molar-refractivity contribution in [2.24, 2.45) is 5.92 Å². The van der Waals surface area contributed by atoms with Crippen molar-refractivity contribution in [3.05, 3.63) is 53.3 Å². The highest BCUT2D eigenvalue weighted by Gasteiger charge is 2.26. The van der Waals surface area contributed by atoms with E-state index < -0.39 is 0 Å². The lowest BCUT2D eigenvalue weighted by Crippen LogP contribution is -2.27. The zero-order chi connectivity index (χ0) is 15.2. The van der Waals surface area contributed by atoms with Crippen LogP contribution in [0.5, 0.6) is 0 Å². The highest BCUT2D eigenvalue weighted by molar-refractivity contribution is 6.29. The molecular formula is C16H18ClN3O. The van der Waals surface area contributed by atoms with Crippen LogP contribution in [0.25, 0.3) is 0 Å². The van der Waals surface area contributed by atoms with Gasteiger partial charge in [-0.3, -0.25) is 10.1 Å². The van der Waals surface area contributed by atoms with Gasteiger partial charge in [-0.15, -0.1) is 0 Å². The molecule has 2 rings (SSSR count). The van der Waals surface area contributed by atoms with Crippen molar-refractivity contribution in [1.82, 2.24) is 9.97 Å². The van der Waals surface area contributed by atoms with Gasteiger partial charge < -0.3 is 0 Å². The summed E-state index contributed by atoms with van der Waals surface area (Å²) in [5, 5.41) is 3.06. The molecule has 4 nitrogen and oxygen atoms in total. The quantitative estimate of drug-likeness (QED) is 0.852. The van der Waals surface area contributed by atoms with Crippen molar-refractivity contribution in [3.63, 3.8) is 0 Å². The molecule has 0 saturated carbocycles. The monoisotopic (exact) mass is 303 g/mol. The Balaban J connectivity index is 2.23. The van der Waals surface area contributed by atoms with Gasteiger partial charge in [0.2, 0.25) is 11.9 Å². The molecule has 110 valence electrons. The number of rotatable bonds is 5. The number of hydrogen-bond donors (Lipinski definition) is 1. The van der Waals surface area contributed by atoms with Gasteiger partial charge >= 0.3 is 0 Å². The second kappa shape index (κ2) is 7.18. The molecule has 1 heterocycles. The molecule has 21 heavy (non-hydrogen) atoms. The first-order valence-electron chi connectivity index (χ1n) is 6.96. The van der Waals surface area contributed by atoms with Crippen LogP contribution >= 0.6 is 11.6 Å². The first-order chi connectivity index (χ1) is 10.1. The number of benzene rings is 1. The second-order valence-corrected chi connectivity index (χ2v) is 5.35. The van der Waals surface area contributed by atoms with E-state index in [2.05, 4.69) is 29.1 Å². The van der Waals surface area contributed by atoms with Crippen LogP contribution in [0, 0.1) is 5.92 Å². The maximum atomic E-state index is 12.6. The average Bonchev–Trinajstić information content (AvgIpc) is 2.48. The Morgan fingerprint density at radius 2 is 2.00 bits per heavy atom. The smallest absolute Gasteiger partial charge is 0.234 e. The molecule has 1 amide bonds. The minimum atomic E-state index is -0.237. The molecule has 1 N–H and O–H groups in total. The molecule has 2 atom stereocenters. The minimum Gasteiger partial charge on any atom is -0.294 e. The van der Waals surface area contributed by atoms with Crippen LogP contribution in [0.2, 0.25) is 5.15 Å². The van der Waals surface area contributed by atoms with Crippen molar-refractivity contribution in [2.45, 2.75) is 26.2 Å². The Bertz CT molecular complexity index is 603. The highest BCUT2D eigenvalue weighted by Crippen LogP contribution is 2.28. The van der Waals surface area contributed by atoms with E-state index in [9.17, 15) is 4.79 Å². The van der Waals surface area contributed by atoms with E-state index in [1.165, 1.54) is 6.20 Å². The summed E-state index contributed by atoms with van der Waals surface area (Å²) in [4.78, 5) is 20.6. The molecule has 0 radical (unpaired) electrons. The van der Waals surface area contributed by atoms with Gasteiger partial charge in [-0.25, -0.2) is 9.97 Å². The summed E-state index contributed by atoms with van der Waals surface area (Å²) in [5.41, 5.74) is 0.992. The molecule has 0 aliphatic heterocycles. The van der Waals surface area contributed by atoms with E-state index in [1.54, 1.807) is 6.07 Å². The highest BCUT2D eigenvalue weighted by atomic mass is 35.5. The van der Waals surface area contributed by atoms with Gasteiger partial charge in [0.1, 0.15) is 5.15 Å². The van der Waals surface area contributed by atoms with Crippen LogP contribution in [0.1, 0.15) is 31.7 Å². The van der Waals surface area contributed by atoms with E-state index in [4.69, 9.17) is 11.6 Å². The maximum Gasteiger partial charge on any atom is 0.234 e. The number of nitrogens with zero attached hydrogens (tertiary/aromatic N) is 2. The molecule has 2 unspecified atom stereocenters. The SMILES string of the molecule is CCC(C)C(C(=O)Nc1nccc(Cl)n1)c1ccccc1. The molecule has 0 spiro atoms. The van der Waals surface area contributed by atoms with Crippen LogP contribution in [0.15, 0.2) is 42.6 Å². The molecule has 1 aromatic heterocycles. The van der Waals surface area contributed by atoms with Gasteiger partial charge in [-0.2, -0.15) is 0 Å². The Morgan fingerprint density at radius 3 is 2.62 bits per heavy atom. The normalized spacial score (nSPS) is 13.5. The lowest BCUT2D eigenvalue weighted by atomic mass is 9.85. The fourth-order valence-corrected chi connectivity index (χ4v) is 2.36. The van der Waals surface area contributed by atoms with Crippen molar-refractivity contribution in [1.29, 1.82) is 0 Å². The molecule has 0 saturated heterocycles. The summed E-state index contributed by atoms with van der Waals surface area (Å²) < 4.78 is 0. The summed E-state index contributed by atoms with van der Waals surface area (Å²) in [6, 6.07) is 11.3. The van der Waals surface area contributed by atoms with E-state index in [-0.39, 0.29) is 23.7 Å². The van der Waals surface area contributed by atoms with E-state index in [0.717, 1.165) is 12.0 Å². The van der Waals surface area contributed by atoms with E-state index in [0.29, 0.717) is 5.15 Å². The summed E-state index contributed by atoms with van der Waals surface area (Å²) in [6.07, 6.45) is 2.43. The van der Waals surface area contributed by atoms with Gasteiger partial charge in [-0.1, -0.05) is 62.2 Å². The van der Waals surface area contributed by atoms with E-state index >= 15 is 0 Å². The molecular weight excluding hydrogens is 286 g/mol. The van der Waals surface area contributed by atoms with Gasteiger partial charge in [0.15, 0.2) is 0 Å². The number of anilines is 1.